The predicted octanol–water partition coefficient (Wildman–Crippen LogP) is 1.08. The van der Waals surface area contributed by atoms with Crippen LogP contribution in [0.25, 0.3) is 0 Å². The van der Waals surface area contributed by atoms with Crippen molar-refractivity contribution in [3.63, 3.8) is 0 Å². The Hall–Kier alpha value is -2.42. The normalized spacial score (nSPS) is 14.2. The van der Waals surface area contributed by atoms with Crippen molar-refractivity contribution in [2.75, 3.05) is 51.0 Å². The maximum Gasteiger partial charge on any atom is 0.316 e. The van der Waals surface area contributed by atoms with Gasteiger partial charge in [-0.15, -0.1) is 10.2 Å². The summed E-state index contributed by atoms with van der Waals surface area (Å²) in [6.07, 6.45) is 0. The number of carbonyl (C=O) groups is 2. The number of morpholine rings is 1. The van der Waals surface area contributed by atoms with Gasteiger partial charge in [0, 0.05) is 13.1 Å². The Morgan fingerprint density at radius 1 is 1.26 bits per heavy atom. The smallest absolute Gasteiger partial charge is 0.316 e. The minimum atomic E-state index is -4.04. The first kappa shape index (κ1) is 23.2. The van der Waals surface area contributed by atoms with E-state index in [0.29, 0.717) is 30.6 Å². The number of nitrogens with zero attached hydrogens (tertiary/aromatic N) is 3. The first-order valence-corrected chi connectivity index (χ1v) is 12.2. The van der Waals surface area contributed by atoms with Gasteiger partial charge in [0.2, 0.25) is 5.13 Å². The number of esters is 1. The number of thioether (sulfide) groups is 1. The summed E-state index contributed by atoms with van der Waals surface area (Å²) in [5.74, 6) is -0.468. The lowest BCUT2D eigenvalue weighted by atomic mass is 10.1. The van der Waals surface area contributed by atoms with Gasteiger partial charge in [-0.25, -0.2) is 8.42 Å². The van der Waals surface area contributed by atoms with Gasteiger partial charge >= 0.3 is 5.97 Å². The molecule has 0 aliphatic carbocycles. The van der Waals surface area contributed by atoms with E-state index in [4.69, 9.17) is 9.47 Å². The SMILES string of the molecule is COC(=O)CSc1nnc(NS(=O)(=O)c2ccc(OC)c(C(=O)N3CCOCC3)c2)s1. The molecule has 1 amide bonds. The van der Waals surface area contributed by atoms with Crippen LogP contribution < -0.4 is 9.46 Å². The quantitative estimate of drug-likeness (QED) is 0.424. The van der Waals surface area contributed by atoms with E-state index in [-0.39, 0.29) is 33.0 Å². The van der Waals surface area contributed by atoms with Crippen LogP contribution in [0.15, 0.2) is 27.4 Å². The minimum absolute atomic E-state index is 0.0311. The molecule has 1 fully saturated rings. The van der Waals surface area contributed by atoms with Crippen molar-refractivity contribution in [3.8, 4) is 5.75 Å². The maximum atomic E-state index is 12.9. The van der Waals surface area contributed by atoms with Gasteiger partial charge < -0.3 is 19.1 Å². The lowest BCUT2D eigenvalue weighted by Crippen LogP contribution is -2.40. The Morgan fingerprint density at radius 3 is 2.68 bits per heavy atom. The molecule has 1 aromatic carbocycles. The monoisotopic (exact) mass is 488 g/mol. The van der Waals surface area contributed by atoms with Gasteiger partial charge in [-0.1, -0.05) is 23.1 Å². The number of aromatic nitrogens is 2. The third kappa shape index (κ3) is 5.84. The second-order valence-electron chi connectivity index (χ2n) is 6.11. The van der Waals surface area contributed by atoms with Crippen LogP contribution >= 0.6 is 23.1 Å². The van der Waals surface area contributed by atoms with E-state index in [1.165, 1.54) is 32.4 Å². The Kier molecular flexibility index (Phi) is 7.69. The summed E-state index contributed by atoms with van der Waals surface area (Å²) in [6, 6.07) is 4.04. The second-order valence-corrected chi connectivity index (χ2v) is 9.99. The molecule has 3 rings (SSSR count). The molecule has 2 aromatic rings. The molecule has 1 saturated heterocycles. The summed E-state index contributed by atoms with van der Waals surface area (Å²) >= 11 is 2.06. The first-order valence-electron chi connectivity index (χ1n) is 8.95. The molecular weight excluding hydrogens is 468 g/mol. The largest absolute Gasteiger partial charge is 0.496 e. The van der Waals surface area contributed by atoms with Crippen LogP contribution in [0.2, 0.25) is 0 Å². The number of rotatable bonds is 8. The average molecular weight is 489 g/mol. The number of anilines is 1. The van der Waals surface area contributed by atoms with Crippen LogP contribution in [-0.4, -0.2) is 81.7 Å². The number of methoxy groups -OCH3 is 2. The number of carbonyl (C=O) groups excluding carboxylic acids is 2. The highest BCUT2D eigenvalue weighted by Gasteiger charge is 2.25. The Labute approximate surface area is 187 Å². The standard InChI is InChI=1S/C17H20N4O7S3/c1-26-13-4-3-11(9-12(13)15(23)21-5-7-28-8-6-21)31(24,25)20-16-18-19-17(30-16)29-10-14(22)27-2/h3-4,9H,5-8,10H2,1-2H3,(H,18,20). The zero-order valence-corrected chi connectivity index (χ0v) is 19.1. The number of benzene rings is 1. The van der Waals surface area contributed by atoms with Crippen LogP contribution in [0.5, 0.6) is 5.75 Å². The van der Waals surface area contributed by atoms with E-state index >= 15 is 0 Å². The summed E-state index contributed by atoms with van der Waals surface area (Å²) < 4.78 is 43.5. The molecular formula is C17H20N4O7S3. The lowest BCUT2D eigenvalue weighted by Gasteiger charge is -2.27. The number of ether oxygens (including phenoxy) is 3. The molecule has 11 nitrogen and oxygen atoms in total. The number of hydrogen-bond acceptors (Lipinski definition) is 11. The minimum Gasteiger partial charge on any atom is -0.496 e. The highest BCUT2D eigenvalue weighted by atomic mass is 32.2. The van der Waals surface area contributed by atoms with Crippen molar-refractivity contribution in [1.29, 1.82) is 0 Å². The van der Waals surface area contributed by atoms with Crippen LogP contribution in [-0.2, 0) is 24.3 Å². The highest BCUT2D eigenvalue weighted by Crippen LogP contribution is 2.29. The third-order valence-corrected chi connectivity index (χ3v) is 7.59. The maximum absolute atomic E-state index is 12.9. The molecule has 0 radical (unpaired) electrons. The van der Waals surface area contributed by atoms with Crippen molar-refractivity contribution in [2.45, 2.75) is 9.24 Å². The lowest BCUT2D eigenvalue weighted by molar-refractivity contribution is -0.137. The van der Waals surface area contributed by atoms with E-state index in [9.17, 15) is 18.0 Å². The summed E-state index contributed by atoms with van der Waals surface area (Å²) in [7, 11) is -1.36. The first-order chi connectivity index (χ1) is 14.8. The molecule has 168 valence electrons. The number of amides is 1. The molecule has 1 N–H and O–H groups in total. The number of nitrogens with one attached hydrogen (secondary N) is 1. The molecule has 1 aliphatic heterocycles. The van der Waals surface area contributed by atoms with Gasteiger partial charge in [0.25, 0.3) is 15.9 Å². The van der Waals surface area contributed by atoms with Gasteiger partial charge in [0.05, 0.1) is 43.6 Å². The number of hydrogen-bond donors (Lipinski definition) is 1. The molecule has 0 bridgehead atoms. The number of sulfonamides is 1. The van der Waals surface area contributed by atoms with Gasteiger partial charge in [-0.3, -0.25) is 14.3 Å². The zero-order chi connectivity index (χ0) is 22.4. The van der Waals surface area contributed by atoms with Gasteiger partial charge in [-0.2, -0.15) is 0 Å². The van der Waals surface area contributed by atoms with Crippen molar-refractivity contribution in [1.82, 2.24) is 15.1 Å². The van der Waals surface area contributed by atoms with Crippen molar-refractivity contribution < 1.29 is 32.2 Å². The van der Waals surface area contributed by atoms with Crippen molar-refractivity contribution in [2.24, 2.45) is 0 Å². The van der Waals surface area contributed by atoms with Crippen molar-refractivity contribution in [3.05, 3.63) is 23.8 Å². The van der Waals surface area contributed by atoms with Crippen LogP contribution in [0.1, 0.15) is 10.4 Å². The topological polar surface area (TPSA) is 137 Å². The van der Waals surface area contributed by atoms with E-state index in [2.05, 4.69) is 19.7 Å². The van der Waals surface area contributed by atoms with E-state index in [0.717, 1.165) is 23.1 Å². The fraction of sp³-hybridized carbons (Fsp3) is 0.412. The van der Waals surface area contributed by atoms with E-state index in [1.807, 2.05) is 0 Å². The summed E-state index contributed by atoms with van der Waals surface area (Å²) in [5.41, 5.74) is 0.138. The zero-order valence-electron chi connectivity index (χ0n) is 16.7. The Morgan fingerprint density at radius 2 is 2.00 bits per heavy atom. The molecule has 31 heavy (non-hydrogen) atoms. The molecule has 1 aliphatic rings. The van der Waals surface area contributed by atoms with Crippen LogP contribution in [0.3, 0.4) is 0 Å². The highest BCUT2D eigenvalue weighted by molar-refractivity contribution is 8.01. The van der Waals surface area contributed by atoms with E-state index in [1.54, 1.807) is 4.90 Å². The molecule has 1 aromatic heterocycles. The third-order valence-electron chi connectivity index (χ3n) is 4.18. The average Bonchev–Trinajstić information content (AvgIpc) is 3.23. The van der Waals surface area contributed by atoms with Crippen molar-refractivity contribution >= 4 is 50.1 Å². The van der Waals surface area contributed by atoms with Gasteiger partial charge in [-0.05, 0) is 18.2 Å². The Bertz CT molecular complexity index is 1050. The van der Waals surface area contributed by atoms with Crippen LogP contribution in [0.4, 0.5) is 5.13 Å². The molecule has 0 atom stereocenters. The Balaban J connectivity index is 1.78. The summed E-state index contributed by atoms with van der Waals surface area (Å²) in [6.45, 7) is 1.66. The molecule has 14 heteroatoms. The molecule has 2 heterocycles. The van der Waals surface area contributed by atoms with Gasteiger partial charge in [0.15, 0.2) is 4.34 Å². The molecule has 0 spiro atoms. The fourth-order valence-corrected chi connectivity index (χ4v) is 5.46. The fourth-order valence-electron chi connectivity index (χ4n) is 2.62. The van der Waals surface area contributed by atoms with E-state index < -0.39 is 16.0 Å². The molecule has 0 saturated carbocycles. The molecule has 0 unspecified atom stereocenters. The summed E-state index contributed by atoms with van der Waals surface area (Å²) in [4.78, 5) is 25.6. The summed E-state index contributed by atoms with van der Waals surface area (Å²) in [5, 5.41) is 7.66. The van der Waals surface area contributed by atoms with Crippen LogP contribution in [0, 0.1) is 0 Å². The predicted molar refractivity (Wildman–Crippen MR) is 113 cm³/mol. The second kappa shape index (κ2) is 10.3. The van der Waals surface area contributed by atoms with Gasteiger partial charge in [0.1, 0.15) is 5.75 Å².